The van der Waals surface area contributed by atoms with Crippen LogP contribution < -0.4 is 0 Å². The zero-order valence-electron chi connectivity index (χ0n) is 12.3. The summed E-state index contributed by atoms with van der Waals surface area (Å²) >= 11 is 0. The molecule has 0 aromatic rings. The molecule has 1 heteroatoms. The van der Waals surface area contributed by atoms with Crippen molar-refractivity contribution in [2.45, 2.75) is 47.0 Å². The number of nitrogens with zero attached hydrogens (tertiary/aromatic N) is 1. The topological polar surface area (TPSA) is 3.24 Å². The Morgan fingerprint density at radius 3 is 2.29 bits per heavy atom. The van der Waals surface area contributed by atoms with E-state index in [9.17, 15) is 0 Å². The van der Waals surface area contributed by atoms with Gasteiger partial charge in [0.15, 0.2) is 0 Å². The summed E-state index contributed by atoms with van der Waals surface area (Å²) in [5, 5.41) is 0. The quantitative estimate of drug-likeness (QED) is 0.547. The van der Waals surface area contributed by atoms with Gasteiger partial charge in [-0.15, -0.1) is 0 Å². The second-order valence-electron chi connectivity index (χ2n) is 4.67. The Morgan fingerprint density at radius 1 is 1.29 bits per heavy atom. The molecule has 0 aliphatic heterocycles. The molecule has 98 valence electrons. The standard InChI is InChI=1S/C16H29N/c1-7-11-16(14(5)8-2)17(6)13-12-15(9-3)10-4/h7-8,11,15H,2,9-10,12-13H2,1,3-6H3/b11-7-,16-14+. The first kappa shape index (κ1) is 16.0. The summed E-state index contributed by atoms with van der Waals surface area (Å²) in [5.41, 5.74) is 2.53. The predicted octanol–water partition coefficient (Wildman–Crippen LogP) is 4.78. The van der Waals surface area contributed by atoms with Crippen molar-refractivity contribution in [3.05, 3.63) is 36.1 Å². The highest BCUT2D eigenvalue weighted by Crippen LogP contribution is 2.17. The van der Waals surface area contributed by atoms with Crippen LogP contribution in [0.15, 0.2) is 36.1 Å². The Bertz CT molecular complexity index is 269. The lowest BCUT2D eigenvalue weighted by molar-refractivity contribution is 0.350. The molecular formula is C16H29N. The Morgan fingerprint density at radius 2 is 1.88 bits per heavy atom. The number of hydrogen-bond donors (Lipinski definition) is 0. The van der Waals surface area contributed by atoms with Crippen molar-refractivity contribution in [2.24, 2.45) is 5.92 Å². The third-order valence-electron chi connectivity index (χ3n) is 3.47. The minimum atomic E-state index is 0.855. The van der Waals surface area contributed by atoms with Gasteiger partial charge in [0, 0.05) is 19.3 Å². The molecule has 0 aromatic heterocycles. The van der Waals surface area contributed by atoms with Crippen molar-refractivity contribution < 1.29 is 0 Å². The molecule has 0 heterocycles. The number of hydrogen-bond acceptors (Lipinski definition) is 1. The first-order valence-electron chi connectivity index (χ1n) is 6.77. The van der Waals surface area contributed by atoms with E-state index in [1.807, 2.05) is 6.08 Å². The van der Waals surface area contributed by atoms with Crippen molar-refractivity contribution in [1.82, 2.24) is 4.90 Å². The molecule has 0 fully saturated rings. The fourth-order valence-corrected chi connectivity index (χ4v) is 2.02. The molecule has 0 aliphatic rings. The summed E-state index contributed by atoms with van der Waals surface area (Å²) in [4.78, 5) is 2.34. The SMILES string of the molecule is C=C/C(C)=C(\C=C/C)N(C)CCC(CC)CC. The Kier molecular flexibility index (Phi) is 8.57. The molecule has 0 atom stereocenters. The van der Waals surface area contributed by atoms with Gasteiger partial charge >= 0.3 is 0 Å². The monoisotopic (exact) mass is 235 g/mol. The van der Waals surface area contributed by atoms with Crippen LogP contribution in [0.4, 0.5) is 0 Å². The molecule has 1 nitrogen and oxygen atoms in total. The molecular weight excluding hydrogens is 206 g/mol. The highest BCUT2D eigenvalue weighted by atomic mass is 15.1. The van der Waals surface area contributed by atoms with E-state index in [1.54, 1.807) is 0 Å². The number of allylic oxidation sites excluding steroid dienone is 4. The second-order valence-corrected chi connectivity index (χ2v) is 4.67. The minimum absolute atomic E-state index is 0.855. The van der Waals surface area contributed by atoms with Gasteiger partial charge in [-0.1, -0.05) is 45.4 Å². The molecule has 0 aromatic carbocycles. The molecule has 0 amide bonds. The van der Waals surface area contributed by atoms with Gasteiger partial charge in [0.25, 0.3) is 0 Å². The fourth-order valence-electron chi connectivity index (χ4n) is 2.02. The zero-order chi connectivity index (χ0) is 13.3. The number of rotatable bonds is 8. The summed E-state index contributed by atoms with van der Waals surface area (Å²) in [6.07, 6.45) is 10.0. The maximum atomic E-state index is 3.86. The van der Waals surface area contributed by atoms with E-state index in [-0.39, 0.29) is 0 Å². The van der Waals surface area contributed by atoms with E-state index in [0.29, 0.717) is 0 Å². The molecule has 0 aliphatic carbocycles. The molecule has 0 N–H and O–H groups in total. The lowest BCUT2D eigenvalue weighted by Crippen LogP contribution is -2.21. The van der Waals surface area contributed by atoms with Crippen LogP contribution in [0.2, 0.25) is 0 Å². The Hall–Kier alpha value is -0.980. The van der Waals surface area contributed by atoms with Crippen LogP contribution in [0.1, 0.15) is 47.0 Å². The third kappa shape index (κ3) is 5.76. The maximum Gasteiger partial charge on any atom is 0.0389 e. The number of likely N-dealkylation sites (N-methyl/N-ethyl adjacent to an activating group) is 1. The average Bonchev–Trinajstić information content (AvgIpc) is 2.35. The summed E-state index contributed by atoms with van der Waals surface area (Å²) in [6.45, 7) is 13.7. The van der Waals surface area contributed by atoms with Crippen LogP contribution in [-0.2, 0) is 0 Å². The van der Waals surface area contributed by atoms with Crippen LogP contribution in [0.3, 0.4) is 0 Å². The maximum absolute atomic E-state index is 3.86. The normalized spacial score (nSPS) is 13.1. The van der Waals surface area contributed by atoms with Gasteiger partial charge < -0.3 is 4.90 Å². The van der Waals surface area contributed by atoms with Crippen LogP contribution in [0, 0.1) is 5.92 Å². The van der Waals surface area contributed by atoms with Crippen molar-refractivity contribution in [1.29, 1.82) is 0 Å². The highest BCUT2D eigenvalue weighted by Gasteiger charge is 2.08. The zero-order valence-corrected chi connectivity index (χ0v) is 12.3. The molecule has 0 spiro atoms. The van der Waals surface area contributed by atoms with Gasteiger partial charge in [0.2, 0.25) is 0 Å². The van der Waals surface area contributed by atoms with Crippen molar-refractivity contribution in [3.8, 4) is 0 Å². The summed E-state index contributed by atoms with van der Waals surface area (Å²) in [5.74, 6) is 0.855. The molecule has 17 heavy (non-hydrogen) atoms. The lowest BCUT2D eigenvalue weighted by atomic mass is 9.99. The Balaban J connectivity index is 4.55. The largest absolute Gasteiger partial charge is 0.374 e. The van der Waals surface area contributed by atoms with Gasteiger partial charge in [-0.05, 0) is 37.8 Å². The van der Waals surface area contributed by atoms with Crippen LogP contribution in [0.5, 0.6) is 0 Å². The molecule has 0 rings (SSSR count). The van der Waals surface area contributed by atoms with E-state index in [2.05, 4.69) is 58.4 Å². The first-order chi connectivity index (χ1) is 8.10. The van der Waals surface area contributed by atoms with E-state index in [0.717, 1.165) is 12.5 Å². The van der Waals surface area contributed by atoms with E-state index in [4.69, 9.17) is 0 Å². The van der Waals surface area contributed by atoms with Gasteiger partial charge in [0.05, 0.1) is 0 Å². The lowest BCUT2D eigenvalue weighted by Gasteiger charge is -2.24. The van der Waals surface area contributed by atoms with Gasteiger partial charge in [0.1, 0.15) is 0 Å². The predicted molar refractivity (Wildman–Crippen MR) is 79.0 cm³/mol. The molecule has 0 radical (unpaired) electrons. The van der Waals surface area contributed by atoms with E-state index < -0.39 is 0 Å². The summed E-state index contributed by atoms with van der Waals surface area (Å²) in [7, 11) is 2.17. The molecule has 0 bridgehead atoms. The van der Waals surface area contributed by atoms with Crippen LogP contribution >= 0.6 is 0 Å². The summed E-state index contributed by atoms with van der Waals surface area (Å²) < 4.78 is 0. The first-order valence-corrected chi connectivity index (χ1v) is 6.77. The van der Waals surface area contributed by atoms with Crippen molar-refractivity contribution in [2.75, 3.05) is 13.6 Å². The average molecular weight is 235 g/mol. The summed E-state index contributed by atoms with van der Waals surface area (Å²) in [6, 6.07) is 0. The third-order valence-corrected chi connectivity index (χ3v) is 3.47. The van der Waals surface area contributed by atoms with Crippen molar-refractivity contribution >= 4 is 0 Å². The fraction of sp³-hybridized carbons (Fsp3) is 0.625. The van der Waals surface area contributed by atoms with E-state index in [1.165, 1.54) is 30.5 Å². The smallest absolute Gasteiger partial charge is 0.0389 e. The van der Waals surface area contributed by atoms with Crippen LogP contribution in [0.25, 0.3) is 0 Å². The highest BCUT2D eigenvalue weighted by molar-refractivity contribution is 5.29. The van der Waals surface area contributed by atoms with Gasteiger partial charge in [-0.25, -0.2) is 0 Å². The van der Waals surface area contributed by atoms with E-state index >= 15 is 0 Å². The Labute approximate surface area is 108 Å². The minimum Gasteiger partial charge on any atom is -0.374 e. The van der Waals surface area contributed by atoms with Crippen molar-refractivity contribution in [3.63, 3.8) is 0 Å². The molecule has 0 unspecified atom stereocenters. The molecule has 0 saturated heterocycles. The van der Waals surface area contributed by atoms with Crippen LogP contribution in [-0.4, -0.2) is 18.5 Å². The van der Waals surface area contributed by atoms with Gasteiger partial charge in [-0.3, -0.25) is 0 Å². The second kappa shape index (κ2) is 9.09. The van der Waals surface area contributed by atoms with Gasteiger partial charge in [-0.2, -0.15) is 0 Å². The molecule has 0 saturated carbocycles.